The minimum Gasteiger partial charge on any atom is -0.366 e. The van der Waals surface area contributed by atoms with Gasteiger partial charge < -0.3 is 22.9 Å². The first-order valence-corrected chi connectivity index (χ1v) is 6.63. The molecule has 8 N–H and O–H groups in total. The molecule has 6 nitrogen and oxygen atoms in total. The SMILES string of the molecule is NC(=O)c1ccccc1C(N)=O.NCCCCCCN. The fourth-order valence-electron chi connectivity index (χ4n) is 1.56. The first kappa shape index (κ1) is 18.1. The van der Waals surface area contributed by atoms with Crippen molar-refractivity contribution in [3.05, 3.63) is 35.4 Å². The number of benzene rings is 1. The molecule has 112 valence electrons. The van der Waals surface area contributed by atoms with Gasteiger partial charge in [-0.25, -0.2) is 0 Å². The minimum atomic E-state index is -0.649. The van der Waals surface area contributed by atoms with E-state index in [0.717, 1.165) is 25.9 Å². The third-order valence-electron chi connectivity index (χ3n) is 2.62. The molecule has 0 aliphatic heterocycles. The Morgan fingerprint density at radius 1 is 0.750 bits per heavy atom. The molecule has 6 heteroatoms. The molecule has 2 amide bonds. The Balaban J connectivity index is 0.000000396. The summed E-state index contributed by atoms with van der Waals surface area (Å²) in [5.74, 6) is -1.30. The summed E-state index contributed by atoms with van der Waals surface area (Å²) in [5, 5.41) is 0. The largest absolute Gasteiger partial charge is 0.366 e. The van der Waals surface area contributed by atoms with E-state index in [1.165, 1.54) is 25.0 Å². The molecule has 0 aliphatic rings. The highest BCUT2D eigenvalue weighted by Gasteiger charge is 2.10. The summed E-state index contributed by atoms with van der Waals surface area (Å²) in [5.41, 5.74) is 20.9. The van der Waals surface area contributed by atoms with E-state index in [0.29, 0.717) is 0 Å². The Morgan fingerprint density at radius 3 is 1.35 bits per heavy atom. The van der Waals surface area contributed by atoms with Crippen LogP contribution in [0.2, 0.25) is 0 Å². The third-order valence-corrected chi connectivity index (χ3v) is 2.62. The zero-order valence-electron chi connectivity index (χ0n) is 11.7. The molecule has 0 unspecified atom stereocenters. The minimum absolute atomic E-state index is 0.157. The Kier molecular flexibility index (Phi) is 9.90. The maximum absolute atomic E-state index is 10.7. The number of carbonyl (C=O) groups is 2. The second-order valence-corrected chi connectivity index (χ2v) is 4.27. The zero-order valence-corrected chi connectivity index (χ0v) is 11.7. The van der Waals surface area contributed by atoms with Crippen LogP contribution in [0.15, 0.2) is 24.3 Å². The molecule has 0 fully saturated rings. The molecule has 0 radical (unpaired) electrons. The summed E-state index contributed by atoms with van der Waals surface area (Å²) in [6, 6.07) is 6.16. The van der Waals surface area contributed by atoms with Crippen LogP contribution >= 0.6 is 0 Å². The molecule has 0 spiro atoms. The Labute approximate surface area is 119 Å². The van der Waals surface area contributed by atoms with Crippen LogP contribution < -0.4 is 22.9 Å². The molecule has 0 atom stereocenters. The van der Waals surface area contributed by atoms with Crippen molar-refractivity contribution < 1.29 is 9.59 Å². The maximum Gasteiger partial charge on any atom is 0.249 e. The van der Waals surface area contributed by atoms with Crippen LogP contribution in [0, 0.1) is 0 Å². The van der Waals surface area contributed by atoms with Crippen molar-refractivity contribution in [3.63, 3.8) is 0 Å². The summed E-state index contributed by atoms with van der Waals surface area (Å²) in [6.07, 6.45) is 4.79. The van der Waals surface area contributed by atoms with Gasteiger partial charge in [0.15, 0.2) is 0 Å². The highest BCUT2D eigenvalue weighted by Crippen LogP contribution is 2.06. The number of unbranched alkanes of at least 4 members (excludes halogenated alkanes) is 3. The van der Waals surface area contributed by atoms with Crippen molar-refractivity contribution in [2.45, 2.75) is 25.7 Å². The Morgan fingerprint density at radius 2 is 1.10 bits per heavy atom. The van der Waals surface area contributed by atoms with Gasteiger partial charge in [0, 0.05) is 0 Å². The lowest BCUT2D eigenvalue weighted by atomic mass is 10.1. The van der Waals surface area contributed by atoms with Crippen LogP contribution in [0.5, 0.6) is 0 Å². The van der Waals surface area contributed by atoms with Gasteiger partial charge in [0.05, 0.1) is 11.1 Å². The van der Waals surface area contributed by atoms with E-state index in [4.69, 9.17) is 22.9 Å². The van der Waals surface area contributed by atoms with Gasteiger partial charge in [-0.05, 0) is 38.1 Å². The number of primary amides is 2. The van der Waals surface area contributed by atoms with E-state index < -0.39 is 11.8 Å². The number of hydrogen-bond acceptors (Lipinski definition) is 4. The van der Waals surface area contributed by atoms with Crippen LogP contribution in [-0.2, 0) is 0 Å². The summed E-state index contributed by atoms with van der Waals surface area (Å²) in [7, 11) is 0. The van der Waals surface area contributed by atoms with Crippen molar-refractivity contribution in [2.24, 2.45) is 22.9 Å². The molecule has 0 saturated heterocycles. The van der Waals surface area contributed by atoms with Gasteiger partial charge in [0.2, 0.25) is 11.8 Å². The van der Waals surface area contributed by atoms with Crippen LogP contribution in [0.1, 0.15) is 46.4 Å². The van der Waals surface area contributed by atoms with E-state index in [9.17, 15) is 9.59 Å². The molecule has 0 saturated carbocycles. The number of amides is 2. The summed E-state index contributed by atoms with van der Waals surface area (Å²) in [4.78, 5) is 21.5. The van der Waals surface area contributed by atoms with Crippen molar-refractivity contribution in [1.82, 2.24) is 0 Å². The molecule has 1 aromatic rings. The van der Waals surface area contributed by atoms with Crippen molar-refractivity contribution in [2.75, 3.05) is 13.1 Å². The smallest absolute Gasteiger partial charge is 0.249 e. The van der Waals surface area contributed by atoms with Crippen LogP contribution in [0.3, 0.4) is 0 Å². The molecule has 20 heavy (non-hydrogen) atoms. The first-order chi connectivity index (χ1) is 9.54. The number of rotatable bonds is 7. The van der Waals surface area contributed by atoms with E-state index in [1.807, 2.05) is 0 Å². The summed E-state index contributed by atoms with van der Waals surface area (Å²) in [6.45, 7) is 1.65. The summed E-state index contributed by atoms with van der Waals surface area (Å²) < 4.78 is 0. The van der Waals surface area contributed by atoms with Gasteiger partial charge in [-0.2, -0.15) is 0 Å². The maximum atomic E-state index is 10.7. The molecule has 0 heterocycles. The van der Waals surface area contributed by atoms with Crippen LogP contribution in [0.4, 0.5) is 0 Å². The lowest BCUT2D eigenvalue weighted by Gasteiger charge is -2.00. The molecule has 1 rings (SSSR count). The van der Waals surface area contributed by atoms with Crippen molar-refractivity contribution in [1.29, 1.82) is 0 Å². The molecule has 0 bridgehead atoms. The fraction of sp³-hybridized carbons (Fsp3) is 0.429. The monoisotopic (exact) mass is 280 g/mol. The van der Waals surface area contributed by atoms with E-state index in [-0.39, 0.29) is 11.1 Å². The van der Waals surface area contributed by atoms with Gasteiger partial charge in [-0.15, -0.1) is 0 Å². The van der Waals surface area contributed by atoms with Gasteiger partial charge in [-0.1, -0.05) is 25.0 Å². The first-order valence-electron chi connectivity index (χ1n) is 6.63. The van der Waals surface area contributed by atoms with Gasteiger partial charge >= 0.3 is 0 Å². The lowest BCUT2D eigenvalue weighted by Crippen LogP contribution is -2.20. The standard InChI is InChI=1S/C8H8N2O2.C6H16N2/c9-7(11)5-3-1-2-4-6(5)8(10)12;7-5-3-1-2-4-6-8/h1-4H,(H2,9,11)(H2,10,12);1-8H2. The molecule has 1 aromatic carbocycles. The lowest BCUT2D eigenvalue weighted by molar-refractivity contribution is 0.0967. The van der Waals surface area contributed by atoms with Crippen molar-refractivity contribution >= 4 is 11.8 Å². The highest BCUT2D eigenvalue weighted by molar-refractivity contribution is 6.06. The average molecular weight is 280 g/mol. The van der Waals surface area contributed by atoms with Crippen molar-refractivity contribution in [3.8, 4) is 0 Å². The Bertz CT molecular complexity index is 382. The van der Waals surface area contributed by atoms with Gasteiger partial charge in [0.25, 0.3) is 0 Å². The normalized spacial score (nSPS) is 9.50. The second kappa shape index (κ2) is 11.0. The van der Waals surface area contributed by atoms with Crippen LogP contribution in [0.25, 0.3) is 0 Å². The topological polar surface area (TPSA) is 138 Å². The van der Waals surface area contributed by atoms with E-state index in [1.54, 1.807) is 12.1 Å². The van der Waals surface area contributed by atoms with E-state index >= 15 is 0 Å². The number of hydrogen-bond donors (Lipinski definition) is 4. The number of carbonyl (C=O) groups excluding carboxylic acids is 2. The zero-order chi connectivity index (χ0) is 15.4. The second-order valence-electron chi connectivity index (χ2n) is 4.27. The highest BCUT2D eigenvalue weighted by atomic mass is 16.2. The quantitative estimate of drug-likeness (QED) is 0.535. The average Bonchev–Trinajstić information content (AvgIpc) is 2.44. The molecule has 0 aliphatic carbocycles. The molecular formula is C14H24N4O2. The predicted molar refractivity (Wildman–Crippen MR) is 80.1 cm³/mol. The van der Waals surface area contributed by atoms with Crippen LogP contribution in [-0.4, -0.2) is 24.9 Å². The van der Waals surface area contributed by atoms with Gasteiger partial charge in [-0.3, -0.25) is 9.59 Å². The Hall–Kier alpha value is -1.92. The molecular weight excluding hydrogens is 256 g/mol. The third kappa shape index (κ3) is 7.50. The predicted octanol–water partition coefficient (Wildman–Crippen LogP) is 0.349. The van der Waals surface area contributed by atoms with Gasteiger partial charge in [0.1, 0.15) is 0 Å². The molecule has 0 aromatic heterocycles. The summed E-state index contributed by atoms with van der Waals surface area (Å²) >= 11 is 0. The fourth-order valence-corrected chi connectivity index (χ4v) is 1.56. The van der Waals surface area contributed by atoms with E-state index in [2.05, 4.69) is 0 Å². The number of nitrogens with two attached hydrogens (primary N) is 4.